The highest BCUT2D eigenvalue weighted by molar-refractivity contribution is 7.16. The molecule has 7 nitrogen and oxygen atoms in total. The van der Waals surface area contributed by atoms with E-state index in [2.05, 4.69) is 4.99 Å². The van der Waals surface area contributed by atoms with Crippen LogP contribution in [0.15, 0.2) is 35.3 Å². The van der Waals surface area contributed by atoms with Gasteiger partial charge < -0.3 is 23.5 Å². The molecular formula is C21H24N2O5S. The molecule has 0 radical (unpaired) electrons. The molecule has 1 heterocycles. The number of benzene rings is 2. The maximum Gasteiger partial charge on any atom is 0.279 e. The maximum absolute atomic E-state index is 12.9. The van der Waals surface area contributed by atoms with Crippen molar-refractivity contribution in [3.05, 3.63) is 40.7 Å². The van der Waals surface area contributed by atoms with E-state index in [0.717, 1.165) is 16.0 Å². The fraction of sp³-hybridized carbons (Fsp3) is 0.333. The van der Waals surface area contributed by atoms with Crippen LogP contribution in [0.3, 0.4) is 0 Å². The monoisotopic (exact) mass is 416 g/mol. The van der Waals surface area contributed by atoms with Crippen molar-refractivity contribution in [1.82, 2.24) is 4.57 Å². The average Bonchev–Trinajstić information content (AvgIpc) is 3.10. The zero-order chi connectivity index (χ0) is 21.0. The molecule has 0 atom stereocenters. The van der Waals surface area contributed by atoms with Crippen LogP contribution in [0, 0.1) is 0 Å². The van der Waals surface area contributed by atoms with E-state index >= 15 is 0 Å². The zero-order valence-electron chi connectivity index (χ0n) is 17.1. The van der Waals surface area contributed by atoms with E-state index in [1.807, 2.05) is 36.6 Å². The number of rotatable bonds is 7. The molecule has 0 aliphatic rings. The minimum atomic E-state index is -0.393. The van der Waals surface area contributed by atoms with Crippen molar-refractivity contribution in [2.24, 2.45) is 4.99 Å². The Morgan fingerprint density at radius 3 is 2.28 bits per heavy atom. The van der Waals surface area contributed by atoms with E-state index in [9.17, 15) is 4.79 Å². The first kappa shape index (κ1) is 20.7. The number of fused-ring (bicyclic) bond motifs is 1. The summed E-state index contributed by atoms with van der Waals surface area (Å²) in [6, 6.07) is 9.06. The molecule has 154 valence electrons. The lowest BCUT2D eigenvalue weighted by Crippen LogP contribution is -2.16. The molecule has 0 aliphatic carbocycles. The molecule has 0 saturated carbocycles. The number of carbonyl (C=O) groups excluding carboxylic acids is 1. The van der Waals surface area contributed by atoms with Crippen LogP contribution in [0.5, 0.6) is 23.0 Å². The van der Waals surface area contributed by atoms with Gasteiger partial charge in [-0.15, -0.1) is 0 Å². The van der Waals surface area contributed by atoms with Crippen molar-refractivity contribution in [2.75, 3.05) is 27.9 Å². The summed E-state index contributed by atoms with van der Waals surface area (Å²) in [6.07, 6.45) is 0. The number of ether oxygens (including phenoxy) is 4. The van der Waals surface area contributed by atoms with Gasteiger partial charge >= 0.3 is 0 Å². The molecule has 0 N–H and O–H groups in total. The molecule has 8 heteroatoms. The Labute approximate surface area is 173 Å². The van der Waals surface area contributed by atoms with Gasteiger partial charge in [-0.25, -0.2) is 0 Å². The summed E-state index contributed by atoms with van der Waals surface area (Å²) in [6.45, 7) is 5.18. The van der Waals surface area contributed by atoms with Crippen molar-refractivity contribution in [3.8, 4) is 23.0 Å². The largest absolute Gasteiger partial charge is 0.493 e. The number of nitrogens with zero attached hydrogens (tertiary/aromatic N) is 2. The van der Waals surface area contributed by atoms with Gasteiger partial charge in [-0.05, 0) is 38.1 Å². The van der Waals surface area contributed by atoms with Crippen LogP contribution >= 0.6 is 11.3 Å². The van der Waals surface area contributed by atoms with E-state index in [1.165, 1.54) is 32.7 Å². The van der Waals surface area contributed by atoms with Gasteiger partial charge in [0.25, 0.3) is 5.91 Å². The van der Waals surface area contributed by atoms with Crippen molar-refractivity contribution < 1.29 is 23.7 Å². The highest BCUT2D eigenvalue weighted by atomic mass is 32.1. The minimum absolute atomic E-state index is 0.352. The summed E-state index contributed by atoms with van der Waals surface area (Å²) in [4.78, 5) is 17.9. The Morgan fingerprint density at radius 1 is 1.03 bits per heavy atom. The molecule has 3 rings (SSSR count). The average molecular weight is 416 g/mol. The number of amides is 1. The van der Waals surface area contributed by atoms with Crippen LogP contribution in [0.2, 0.25) is 0 Å². The summed E-state index contributed by atoms with van der Waals surface area (Å²) in [5, 5.41) is 0. The highest BCUT2D eigenvalue weighted by Gasteiger charge is 2.18. The van der Waals surface area contributed by atoms with Crippen molar-refractivity contribution in [2.45, 2.75) is 20.4 Å². The molecule has 0 saturated heterocycles. The van der Waals surface area contributed by atoms with Crippen LogP contribution in [0.25, 0.3) is 10.2 Å². The van der Waals surface area contributed by atoms with Gasteiger partial charge in [-0.1, -0.05) is 17.4 Å². The lowest BCUT2D eigenvalue weighted by atomic mass is 10.1. The maximum atomic E-state index is 12.9. The minimum Gasteiger partial charge on any atom is -0.493 e. The Bertz CT molecular complexity index is 1080. The van der Waals surface area contributed by atoms with E-state index in [4.69, 9.17) is 18.9 Å². The number of aromatic nitrogens is 1. The predicted octanol–water partition coefficient (Wildman–Crippen LogP) is 3.89. The summed E-state index contributed by atoms with van der Waals surface area (Å²) in [5.74, 6) is 1.63. The van der Waals surface area contributed by atoms with Gasteiger partial charge in [0.2, 0.25) is 5.75 Å². The topological polar surface area (TPSA) is 71.3 Å². The second-order valence-corrected chi connectivity index (χ2v) is 7.00. The fourth-order valence-electron chi connectivity index (χ4n) is 3.10. The number of hydrogen-bond acceptors (Lipinski definition) is 6. The van der Waals surface area contributed by atoms with Crippen molar-refractivity contribution in [3.63, 3.8) is 0 Å². The molecule has 0 fully saturated rings. The second-order valence-electron chi connectivity index (χ2n) is 6.00. The molecule has 29 heavy (non-hydrogen) atoms. The fourth-order valence-corrected chi connectivity index (χ4v) is 4.21. The molecule has 1 amide bonds. The lowest BCUT2D eigenvalue weighted by molar-refractivity contribution is 0.0997. The van der Waals surface area contributed by atoms with Crippen LogP contribution in [-0.2, 0) is 6.54 Å². The zero-order valence-corrected chi connectivity index (χ0v) is 18.0. The third kappa shape index (κ3) is 3.93. The molecule has 1 aromatic heterocycles. The van der Waals surface area contributed by atoms with Crippen LogP contribution in [-0.4, -0.2) is 38.4 Å². The number of hydrogen-bond donors (Lipinski definition) is 0. The standard InChI is InChI=1S/C21H24N2O5S/c1-6-23-18-14(28-7-2)9-8-10-17(18)29-21(23)22-20(24)13-11-15(25-3)19(27-5)16(12-13)26-4/h8-12H,6-7H2,1-5H3. The van der Waals surface area contributed by atoms with E-state index in [0.29, 0.717) is 40.8 Å². The smallest absolute Gasteiger partial charge is 0.279 e. The highest BCUT2D eigenvalue weighted by Crippen LogP contribution is 2.38. The number of carbonyl (C=O) groups is 1. The van der Waals surface area contributed by atoms with Gasteiger partial charge in [-0.2, -0.15) is 4.99 Å². The van der Waals surface area contributed by atoms with E-state index in [1.54, 1.807) is 12.1 Å². The van der Waals surface area contributed by atoms with Crippen LogP contribution < -0.4 is 23.7 Å². The van der Waals surface area contributed by atoms with Gasteiger partial charge in [0.15, 0.2) is 16.3 Å². The Hall–Kier alpha value is -3.00. The van der Waals surface area contributed by atoms with Gasteiger partial charge in [0, 0.05) is 12.1 Å². The normalized spacial score (nSPS) is 11.6. The van der Waals surface area contributed by atoms with Crippen LogP contribution in [0.4, 0.5) is 0 Å². The Morgan fingerprint density at radius 2 is 1.72 bits per heavy atom. The van der Waals surface area contributed by atoms with Crippen LogP contribution in [0.1, 0.15) is 24.2 Å². The Kier molecular flexibility index (Phi) is 6.43. The summed E-state index contributed by atoms with van der Waals surface area (Å²) in [5.41, 5.74) is 1.29. The quantitative estimate of drug-likeness (QED) is 0.584. The first-order chi connectivity index (χ1) is 14.1. The number of para-hydroxylation sites is 1. The molecular weight excluding hydrogens is 392 g/mol. The van der Waals surface area contributed by atoms with Gasteiger partial charge in [-0.3, -0.25) is 4.79 Å². The summed E-state index contributed by atoms with van der Waals surface area (Å²) >= 11 is 1.45. The summed E-state index contributed by atoms with van der Waals surface area (Å²) < 4.78 is 24.7. The number of thiazole rings is 1. The number of methoxy groups -OCH3 is 3. The molecule has 0 aliphatic heterocycles. The second kappa shape index (κ2) is 9.00. The third-order valence-corrected chi connectivity index (χ3v) is 5.43. The third-order valence-electron chi connectivity index (χ3n) is 4.39. The molecule has 0 spiro atoms. The Balaban J connectivity index is 2.15. The number of aryl methyl sites for hydroxylation is 1. The first-order valence-corrected chi connectivity index (χ1v) is 10.0. The van der Waals surface area contributed by atoms with E-state index in [-0.39, 0.29) is 0 Å². The molecule has 2 aromatic carbocycles. The van der Waals surface area contributed by atoms with Gasteiger partial charge in [0.05, 0.1) is 32.6 Å². The lowest BCUT2D eigenvalue weighted by Gasteiger charge is -2.12. The van der Waals surface area contributed by atoms with Crippen molar-refractivity contribution in [1.29, 1.82) is 0 Å². The predicted molar refractivity (Wildman–Crippen MR) is 113 cm³/mol. The van der Waals surface area contributed by atoms with Crippen molar-refractivity contribution >= 4 is 27.5 Å². The SMILES string of the molecule is CCOc1cccc2sc(=NC(=O)c3cc(OC)c(OC)c(OC)c3)n(CC)c12. The molecule has 3 aromatic rings. The van der Waals surface area contributed by atoms with E-state index < -0.39 is 5.91 Å². The first-order valence-electron chi connectivity index (χ1n) is 9.22. The molecule has 0 bridgehead atoms. The van der Waals surface area contributed by atoms with Gasteiger partial charge in [0.1, 0.15) is 11.3 Å². The summed E-state index contributed by atoms with van der Waals surface area (Å²) in [7, 11) is 4.54. The molecule has 0 unspecified atom stereocenters.